The number of sulfonamides is 1. The van der Waals surface area contributed by atoms with Gasteiger partial charge < -0.3 is 10.1 Å². The number of carbonyl (C=O) groups excluding carboxylic acids is 1. The van der Waals surface area contributed by atoms with Crippen molar-refractivity contribution in [1.82, 2.24) is 0 Å². The molecule has 0 radical (unpaired) electrons. The molecule has 0 aromatic heterocycles. The third-order valence-corrected chi connectivity index (χ3v) is 4.42. The van der Waals surface area contributed by atoms with Crippen LogP contribution >= 0.6 is 0 Å². The molecule has 0 spiro atoms. The third-order valence-electron chi connectivity index (χ3n) is 3.51. The fraction of sp³-hybridized carbons (Fsp3) is 0.0625. The number of nitrogens with two attached hydrogens (primary N) is 1. The van der Waals surface area contributed by atoms with Crippen LogP contribution in [-0.4, -0.2) is 21.4 Å². The molecule has 0 fully saturated rings. The number of nitrogens with one attached hydrogen (secondary N) is 1. The maximum atomic E-state index is 12.2. The van der Waals surface area contributed by atoms with Crippen molar-refractivity contribution in [1.29, 1.82) is 0 Å². The lowest BCUT2D eigenvalue weighted by Crippen LogP contribution is -2.12. The van der Waals surface area contributed by atoms with Gasteiger partial charge in [-0.2, -0.15) is 0 Å². The minimum atomic E-state index is -3.84. The molecule has 1 heterocycles. The standard InChI is InChI=1S/C16H14N2O4S/c1-22-11-4-2-3-10(7-11)8-14-13-9-12(23(17,20)21)5-6-15(13)18-16(14)19/h2-9H,1H3,(H,18,19)(H2,17,20,21)/b14-8+. The minimum absolute atomic E-state index is 0.0377. The Labute approximate surface area is 133 Å². The van der Waals surface area contributed by atoms with Crippen LogP contribution in [0.1, 0.15) is 11.1 Å². The smallest absolute Gasteiger partial charge is 0.256 e. The van der Waals surface area contributed by atoms with E-state index in [9.17, 15) is 13.2 Å². The number of benzene rings is 2. The van der Waals surface area contributed by atoms with Gasteiger partial charge in [0.15, 0.2) is 0 Å². The van der Waals surface area contributed by atoms with Gasteiger partial charge in [-0.15, -0.1) is 0 Å². The third kappa shape index (κ3) is 2.96. The van der Waals surface area contributed by atoms with Crippen molar-refractivity contribution in [3.05, 3.63) is 53.6 Å². The number of carbonyl (C=O) groups is 1. The van der Waals surface area contributed by atoms with Crippen molar-refractivity contribution in [2.45, 2.75) is 4.90 Å². The number of methoxy groups -OCH3 is 1. The predicted molar refractivity (Wildman–Crippen MR) is 87.3 cm³/mol. The van der Waals surface area contributed by atoms with E-state index in [-0.39, 0.29) is 10.8 Å². The Bertz CT molecular complexity index is 933. The van der Waals surface area contributed by atoms with Gasteiger partial charge in [-0.05, 0) is 42.0 Å². The molecule has 1 aliphatic rings. The Morgan fingerprint density at radius 3 is 2.65 bits per heavy atom. The first-order valence-corrected chi connectivity index (χ1v) is 8.27. The Morgan fingerprint density at radius 1 is 1.17 bits per heavy atom. The summed E-state index contributed by atoms with van der Waals surface area (Å²) in [5.74, 6) is 0.366. The molecule has 0 saturated heterocycles. The molecule has 118 valence electrons. The zero-order chi connectivity index (χ0) is 16.6. The molecule has 1 aliphatic heterocycles. The van der Waals surface area contributed by atoms with Crippen LogP contribution in [0.5, 0.6) is 5.75 Å². The monoisotopic (exact) mass is 330 g/mol. The first-order chi connectivity index (χ1) is 10.9. The SMILES string of the molecule is COc1cccc(/C=C2/C(=O)Nc3ccc(S(N)(=O)=O)cc32)c1. The summed E-state index contributed by atoms with van der Waals surface area (Å²) < 4.78 is 28.2. The van der Waals surface area contributed by atoms with Crippen LogP contribution in [0.25, 0.3) is 11.6 Å². The fourth-order valence-electron chi connectivity index (χ4n) is 2.39. The molecule has 0 saturated carbocycles. The Kier molecular flexibility index (Phi) is 3.67. The van der Waals surface area contributed by atoms with E-state index in [1.807, 2.05) is 6.07 Å². The number of rotatable bonds is 3. The summed E-state index contributed by atoms with van der Waals surface area (Å²) in [6.07, 6.45) is 1.68. The molecule has 6 nitrogen and oxygen atoms in total. The average Bonchev–Trinajstić information content (AvgIpc) is 2.82. The molecule has 1 amide bonds. The van der Waals surface area contributed by atoms with E-state index in [1.165, 1.54) is 18.2 Å². The highest BCUT2D eigenvalue weighted by molar-refractivity contribution is 7.89. The van der Waals surface area contributed by atoms with E-state index in [4.69, 9.17) is 9.88 Å². The summed E-state index contributed by atoms with van der Waals surface area (Å²) in [4.78, 5) is 12.1. The molecule has 2 aromatic rings. The van der Waals surface area contributed by atoms with Crippen LogP contribution in [-0.2, 0) is 14.8 Å². The lowest BCUT2D eigenvalue weighted by atomic mass is 10.0. The van der Waals surface area contributed by atoms with Crippen LogP contribution in [0.3, 0.4) is 0 Å². The quantitative estimate of drug-likeness (QED) is 0.839. The molecule has 23 heavy (non-hydrogen) atoms. The normalized spacial score (nSPS) is 15.4. The van der Waals surface area contributed by atoms with Gasteiger partial charge in [0.2, 0.25) is 10.0 Å². The number of fused-ring (bicyclic) bond motifs is 1. The number of hydrogen-bond acceptors (Lipinski definition) is 4. The second-order valence-corrected chi connectivity index (χ2v) is 6.60. The van der Waals surface area contributed by atoms with E-state index >= 15 is 0 Å². The Morgan fingerprint density at radius 2 is 1.96 bits per heavy atom. The van der Waals surface area contributed by atoms with E-state index in [0.29, 0.717) is 22.6 Å². The second kappa shape index (κ2) is 5.53. The van der Waals surface area contributed by atoms with Crippen molar-refractivity contribution in [3.63, 3.8) is 0 Å². The lowest BCUT2D eigenvalue weighted by molar-refractivity contribution is -0.110. The zero-order valence-corrected chi connectivity index (χ0v) is 13.1. The van der Waals surface area contributed by atoms with Crippen molar-refractivity contribution < 1.29 is 17.9 Å². The fourth-order valence-corrected chi connectivity index (χ4v) is 2.93. The Balaban J connectivity index is 2.12. The number of anilines is 1. The van der Waals surface area contributed by atoms with Crippen LogP contribution in [0.2, 0.25) is 0 Å². The Hall–Kier alpha value is -2.64. The van der Waals surface area contributed by atoms with Gasteiger partial charge in [-0.25, -0.2) is 13.6 Å². The van der Waals surface area contributed by atoms with Crippen LogP contribution in [0.4, 0.5) is 5.69 Å². The number of primary sulfonamides is 1. The van der Waals surface area contributed by atoms with Gasteiger partial charge in [-0.3, -0.25) is 4.79 Å². The van der Waals surface area contributed by atoms with E-state index in [2.05, 4.69) is 5.32 Å². The molecule has 3 N–H and O–H groups in total. The highest BCUT2D eigenvalue weighted by Gasteiger charge is 2.25. The van der Waals surface area contributed by atoms with Crippen LogP contribution in [0, 0.1) is 0 Å². The second-order valence-electron chi connectivity index (χ2n) is 5.04. The van der Waals surface area contributed by atoms with Gasteiger partial charge in [0.1, 0.15) is 5.75 Å². The number of hydrogen-bond donors (Lipinski definition) is 2. The summed E-state index contributed by atoms with van der Waals surface area (Å²) in [7, 11) is -2.28. The molecule has 0 aliphatic carbocycles. The molecule has 2 aromatic carbocycles. The number of amides is 1. The van der Waals surface area contributed by atoms with Gasteiger partial charge in [-0.1, -0.05) is 12.1 Å². The molecule has 7 heteroatoms. The van der Waals surface area contributed by atoms with Crippen LogP contribution < -0.4 is 15.2 Å². The maximum Gasteiger partial charge on any atom is 0.256 e. The predicted octanol–water partition coefficient (Wildman–Crippen LogP) is 1.84. The first-order valence-electron chi connectivity index (χ1n) is 6.73. The van der Waals surface area contributed by atoms with E-state index < -0.39 is 10.0 Å². The van der Waals surface area contributed by atoms with Gasteiger partial charge in [0.25, 0.3) is 5.91 Å². The molecular weight excluding hydrogens is 316 g/mol. The van der Waals surface area contributed by atoms with Gasteiger partial charge in [0, 0.05) is 16.8 Å². The molecule has 0 bridgehead atoms. The molecule has 0 unspecified atom stereocenters. The van der Waals surface area contributed by atoms with Crippen molar-refractivity contribution in [3.8, 4) is 5.75 Å². The zero-order valence-electron chi connectivity index (χ0n) is 12.2. The van der Waals surface area contributed by atoms with Crippen LogP contribution in [0.15, 0.2) is 47.4 Å². The van der Waals surface area contributed by atoms with Gasteiger partial charge >= 0.3 is 0 Å². The summed E-state index contributed by atoms with van der Waals surface area (Å²) >= 11 is 0. The molecular formula is C16H14N2O4S. The number of ether oxygens (including phenoxy) is 1. The largest absolute Gasteiger partial charge is 0.497 e. The molecule has 0 atom stereocenters. The van der Waals surface area contributed by atoms with Crippen molar-refractivity contribution in [2.75, 3.05) is 12.4 Å². The summed E-state index contributed by atoms with van der Waals surface area (Å²) in [6, 6.07) is 11.5. The highest BCUT2D eigenvalue weighted by Crippen LogP contribution is 2.34. The maximum absolute atomic E-state index is 12.2. The summed E-state index contributed by atoms with van der Waals surface area (Å²) in [5, 5.41) is 7.85. The van der Waals surface area contributed by atoms with Crippen molar-refractivity contribution >= 4 is 33.3 Å². The highest BCUT2D eigenvalue weighted by atomic mass is 32.2. The molecule has 3 rings (SSSR count). The van der Waals surface area contributed by atoms with Gasteiger partial charge in [0.05, 0.1) is 12.0 Å². The summed E-state index contributed by atoms with van der Waals surface area (Å²) in [6.45, 7) is 0. The van der Waals surface area contributed by atoms with E-state index in [0.717, 1.165) is 5.56 Å². The topological polar surface area (TPSA) is 98.5 Å². The van der Waals surface area contributed by atoms with E-state index in [1.54, 1.807) is 31.4 Å². The minimum Gasteiger partial charge on any atom is -0.497 e. The van der Waals surface area contributed by atoms with Crippen molar-refractivity contribution in [2.24, 2.45) is 5.14 Å². The lowest BCUT2D eigenvalue weighted by Gasteiger charge is -2.03. The first kappa shape index (κ1) is 15.3. The average molecular weight is 330 g/mol. The summed E-state index contributed by atoms with van der Waals surface area (Å²) in [5.41, 5.74) is 2.20.